The molecular formula is C7H8N2OS. The van der Waals surface area contributed by atoms with E-state index in [1.807, 2.05) is 5.38 Å². The molecular weight excluding hydrogens is 160 g/mol. The summed E-state index contributed by atoms with van der Waals surface area (Å²) in [6.07, 6.45) is 3.52. The second-order valence-corrected chi connectivity index (χ2v) is 3.52. The molecule has 1 heterocycles. The van der Waals surface area contributed by atoms with E-state index in [1.165, 1.54) is 11.5 Å². The summed E-state index contributed by atoms with van der Waals surface area (Å²) in [5.41, 5.74) is 5.92. The van der Waals surface area contributed by atoms with Crippen LogP contribution in [0.4, 0.5) is 0 Å². The highest BCUT2D eigenvalue weighted by Gasteiger charge is 2.50. The molecule has 1 saturated carbocycles. The third kappa shape index (κ3) is 0.860. The van der Waals surface area contributed by atoms with Crippen molar-refractivity contribution in [3.63, 3.8) is 0 Å². The van der Waals surface area contributed by atoms with Gasteiger partial charge in [-0.05, 0) is 29.9 Å². The van der Waals surface area contributed by atoms with Crippen molar-refractivity contribution in [1.82, 2.24) is 4.37 Å². The molecule has 11 heavy (non-hydrogen) atoms. The molecule has 1 aliphatic rings. The van der Waals surface area contributed by atoms with Crippen molar-refractivity contribution in [2.75, 3.05) is 0 Å². The van der Waals surface area contributed by atoms with E-state index in [2.05, 4.69) is 4.37 Å². The first kappa shape index (κ1) is 6.79. The number of hydrogen-bond acceptors (Lipinski definition) is 3. The minimum atomic E-state index is -0.340. The number of nitrogens with zero attached hydrogens (tertiary/aromatic N) is 1. The average Bonchev–Trinajstić information content (AvgIpc) is 2.61. The van der Waals surface area contributed by atoms with Crippen LogP contribution in [0.25, 0.3) is 0 Å². The minimum Gasteiger partial charge on any atom is -0.369 e. The Kier molecular flexibility index (Phi) is 1.26. The third-order valence-corrected chi connectivity index (χ3v) is 2.79. The van der Waals surface area contributed by atoms with Crippen LogP contribution >= 0.6 is 11.5 Å². The SMILES string of the molecule is NC(=O)C1(c2cnsc2)CC1. The number of amides is 1. The molecule has 0 aromatic carbocycles. The summed E-state index contributed by atoms with van der Waals surface area (Å²) in [4.78, 5) is 11.0. The molecule has 0 spiro atoms. The molecule has 0 atom stereocenters. The Balaban J connectivity index is 2.36. The van der Waals surface area contributed by atoms with E-state index in [-0.39, 0.29) is 11.3 Å². The van der Waals surface area contributed by atoms with Crippen molar-refractivity contribution < 1.29 is 4.79 Å². The van der Waals surface area contributed by atoms with Gasteiger partial charge in [0.25, 0.3) is 0 Å². The zero-order valence-electron chi connectivity index (χ0n) is 5.91. The summed E-state index contributed by atoms with van der Waals surface area (Å²) in [6.45, 7) is 0. The molecule has 3 nitrogen and oxygen atoms in total. The highest BCUT2D eigenvalue weighted by molar-refractivity contribution is 7.03. The van der Waals surface area contributed by atoms with Crippen LogP contribution in [0.5, 0.6) is 0 Å². The van der Waals surface area contributed by atoms with E-state index < -0.39 is 0 Å². The average molecular weight is 168 g/mol. The molecule has 0 unspecified atom stereocenters. The molecule has 0 radical (unpaired) electrons. The molecule has 1 aromatic rings. The van der Waals surface area contributed by atoms with Crippen molar-refractivity contribution in [3.05, 3.63) is 17.1 Å². The van der Waals surface area contributed by atoms with E-state index in [0.29, 0.717) is 0 Å². The molecule has 1 aliphatic carbocycles. The number of rotatable bonds is 2. The van der Waals surface area contributed by atoms with Crippen LogP contribution in [0.2, 0.25) is 0 Å². The monoisotopic (exact) mass is 168 g/mol. The van der Waals surface area contributed by atoms with Gasteiger partial charge in [0.15, 0.2) is 0 Å². The van der Waals surface area contributed by atoms with Gasteiger partial charge < -0.3 is 5.73 Å². The quantitative estimate of drug-likeness (QED) is 0.705. The third-order valence-electron chi connectivity index (χ3n) is 2.21. The first-order valence-electron chi connectivity index (χ1n) is 3.45. The van der Waals surface area contributed by atoms with Gasteiger partial charge in [0, 0.05) is 11.6 Å². The first-order chi connectivity index (χ1) is 5.26. The highest BCUT2D eigenvalue weighted by Crippen LogP contribution is 2.47. The predicted molar refractivity (Wildman–Crippen MR) is 42.2 cm³/mol. The Bertz CT molecular complexity index is 277. The van der Waals surface area contributed by atoms with E-state index in [4.69, 9.17) is 5.73 Å². The summed E-state index contributed by atoms with van der Waals surface area (Å²) < 4.78 is 3.94. The molecule has 0 bridgehead atoms. The predicted octanol–water partition coefficient (Wildman–Crippen LogP) is 0.660. The van der Waals surface area contributed by atoms with E-state index >= 15 is 0 Å². The molecule has 0 aliphatic heterocycles. The van der Waals surface area contributed by atoms with Gasteiger partial charge in [-0.15, -0.1) is 0 Å². The first-order valence-corrected chi connectivity index (χ1v) is 4.29. The van der Waals surface area contributed by atoms with Gasteiger partial charge in [-0.3, -0.25) is 4.79 Å². The fraction of sp³-hybridized carbons (Fsp3) is 0.429. The second-order valence-electron chi connectivity index (χ2n) is 2.86. The van der Waals surface area contributed by atoms with E-state index in [1.54, 1.807) is 6.20 Å². The number of carbonyl (C=O) groups is 1. The van der Waals surface area contributed by atoms with Crippen LogP contribution in [-0.2, 0) is 10.2 Å². The second kappa shape index (κ2) is 2.04. The number of aromatic nitrogens is 1. The Morgan fingerprint density at radius 1 is 1.73 bits per heavy atom. The minimum absolute atomic E-state index is 0.210. The Morgan fingerprint density at radius 3 is 2.82 bits per heavy atom. The van der Waals surface area contributed by atoms with Crippen LogP contribution in [0.1, 0.15) is 18.4 Å². The van der Waals surface area contributed by atoms with Crippen molar-refractivity contribution in [1.29, 1.82) is 0 Å². The molecule has 0 saturated heterocycles. The largest absolute Gasteiger partial charge is 0.369 e. The molecule has 1 aromatic heterocycles. The van der Waals surface area contributed by atoms with Crippen molar-refractivity contribution >= 4 is 17.4 Å². The van der Waals surface area contributed by atoms with Crippen LogP contribution in [-0.4, -0.2) is 10.3 Å². The molecule has 1 amide bonds. The molecule has 58 valence electrons. The fourth-order valence-corrected chi connectivity index (χ4v) is 1.88. The van der Waals surface area contributed by atoms with Gasteiger partial charge in [0.05, 0.1) is 5.41 Å². The summed E-state index contributed by atoms with van der Waals surface area (Å²) in [5.74, 6) is -0.210. The summed E-state index contributed by atoms with van der Waals surface area (Å²) >= 11 is 1.37. The number of carbonyl (C=O) groups excluding carboxylic acids is 1. The van der Waals surface area contributed by atoms with E-state index in [0.717, 1.165) is 18.4 Å². The Hall–Kier alpha value is -0.900. The maximum absolute atomic E-state index is 11.0. The van der Waals surface area contributed by atoms with Gasteiger partial charge in [0.2, 0.25) is 5.91 Å². The number of hydrogen-bond donors (Lipinski definition) is 1. The van der Waals surface area contributed by atoms with Crippen molar-refractivity contribution in [3.8, 4) is 0 Å². The maximum atomic E-state index is 11.0. The molecule has 2 N–H and O–H groups in total. The zero-order valence-corrected chi connectivity index (χ0v) is 6.73. The van der Waals surface area contributed by atoms with Crippen molar-refractivity contribution in [2.24, 2.45) is 5.73 Å². The molecule has 1 fully saturated rings. The highest BCUT2D eigenvalue weighted by atomic mass is 32.1. The molecule has 2 rings (SSSR count). The van der Waals surface area contributed by atoms with Gasteiger partial charge in [-0.1, -0.05) is 0 Å². The Morgan fingerprint density at radius 2 is 2.45 bits per heavy atom. The topological polar surface area (TPSA) is 56.0 Å². The van der Waals surface area contributed by atoms with Gasteiger partial charge in [-0.2, -0.15) is 0 Å². The van der Waals surface area contributed by atoms with Crippen molar-refractivity contribution in [2.45, 2.75) is 18.3 Å². The molecule has 4 heteroatoms. The maximum Gasteiger partial charge on any atom is 0.228 e. The van der Waals surface area contributed by atoms with Gasteiger partial charge in [-0.25, -0.2) is 4.37 Å². The smallest absolute Gasteiger partial charge is 0.228 e. The number of nitrogens with two attached hydrogens (primary N) is 1. The normalized spacial score (nSPS) is 19.6. The lowest BCUT2D eigenvalue weighted by atomic mass is 10.00. The fourth-order valence-electron chi connectivity index (χ4n) is 1.24. The lowest BCUT2D eigenvalue weighted by Gasteiger charge is -2.05. The van der Waals surface area contributed by atoms with Crippen LogP contribution in [0, 0.1) is 0 Å². The lowest BCUT2D eigenvalue weighted by Crippen LogP contribution is -2.27. The summed E-state index contributed by atoms with van der Waals surface area (Å²) in [7, 11) is 0. The zero-order chi connectivity index (χ0) is 7.90. The van der Waals surface area contributed by atoms with E-state index in [9.17, 15) is 4.79 Å². The van der Waals surface area contributed by atoms with Gasteiger partial charge >= 0.3 is 0 Å². The van der Waals surface area contributed by atoms with Crippen LogP contribution < -0.4 is 5.73 Å². The lowest BCUT2D eigenvalue weighted by molar-refractivity contribution is -0.120. The standard InChI is InChI=1S/C7H8N2OS/c8-6(10)7(1-2-7)5-3-9-11-4-5/h3-4H,1-2H2,(H2,8,10). The Labute approximate surface area is 68.4 Å². The van der Waals surface area contributed by atoms with Crippen LogP contribution in [0.15, 0.2) is 11.6 Å². The summed E-state index contributed by atoms with van der Waals surface area (Å²) in [6, 6.07) is 0. The van der Waals surface area contributed by atoms with Gasteiger partial charge in [0.1, 0.15) is 0 Å². The summed E-state index contributed by atoms with van der Waals surface area (Å²) in [5, 5.41) is 1.90. The number of primary amides is 1. The van der Waals surface area contributed by atoms with Crippen LogP contribution in [0.3, 0.4) is 0 Å².